The number of rotatable bonds is 0. The zero-order chi connectivity index (χ0) is 45.0. The summed E-state index contributed by atoms with van der Waals surface area (Å²) in [5, 5.41) is 0. The quantitative estimate of drug-likeness (QED) is 0.203. The van der Waals surface area contributed by atoms with Gasteiger partial charge in [0.2, 0.25) is 0 Å². The molecule has 0 radical (unpaired) electrons. The van der Waals surface area contributed by atoms with E-state index in [1.165, 1.54) is 0 Å². The van der Waals surface area contributed by atoms with Gasteiger partial charge in [-0.15, -0.1) is 0 Å². The van der Waals surface area contributed by atoms with E-state index in [0.717, 1.165) is 0 Å². The molecule has 0 aliphatic heterocycles. The Morgan fingerprint density at radius 1 is 0.127 bits per heavy atom. The van der Waals surface area contributed by atoms with Crippen LogP contribution in [0.1, 0.15) is 0 Å². The third-order valence-corrected chi connectivity index (χ3v) is 0. The summed E-state index contributed by atoms with van der Waals surface area (Å²) in [7, 11) is 0. The van der Waals surface area contributed by atoms with Crippen molar-refractivity contribution in [2.45, 2.75) is 0 Å². The van der Waals surface area contributed by atoms with Crippen LogP contribution in [-0.4, -0.2) is 0 Å². The van der Waals surface area contributed by atoms with Crippen molar-refractivity contribution < 1.29 is 458 Å². The minimum absolute atomic E-state index is 0. The van der Waals surface area contributed by atoms with E-state index in [2.05, 4.69) is 0 Å². The van der Waals surface area contributed by atoms with Gasteiger partial charge in [-0.1, -0.05) is 0 Å². The second-order valence-electron chi connectivity index (χ2n) is 4.08. The molecule has 55 heavy (non-hydrogen) atoms. The van der Waals surface area contributed by atoms with Crippen LogP contribution in [-0.2, 0) is 235 Å². The predicted molar refractivity (Wildman–Crippen MR) is 13.7 cm³/mol. The van der Waals surface area contributed by atoms with Gasteiger partial charge in [0, 0.05) is 0 Å². The molecule has 0 aliphatic carbocycles. The van der Waals surface area contributed by atoms with E-state index in [0.29, 0.717) is 0 Å². The Kier molecular flexibility index (Phi) is 93.1. The van der Waals surface area contributed by atoms with Crippen molar-refractivity contribution in [2.75, 3.05) is 0 Å². The molecule has 0 rings (SSSR count). The first-order chi connectivity index (χ1) is 20.0. The second-order valence-corrected chi connectivity index (χ2v) is 24.2. The Morgan fingerprint density at radius 2 is 0.127 bits per heavy atom. The van der Waals surface area contributed by atoms with Crippen molar-refractivity contribution in [2.24, 2.45) is 0 Å². The molecule has 0 heterocycles. The summed E-state index contributed by atoms with van der Waals surface area (Å²) in [5.41, 5.74) is 0. The average Bonchev–Trinajstić information content (AvgIpc) is 2.34. The van der Waals surface area contributed by atoms with Crippen LogP contribution in [0.2, 0.25) is 0 Å². The van der Waals surface area contributed by atoms with Crippen LogP contribution >= 0.6 is 0 Å². The third-order valence-electron chi connectivity index (χ3n) is 0. The molecule has 0 aromatic rings. The molecule has 0 saturated carbocycles. The summed E-state index contributed by atoms with van der Waals surface area (Å²) in [4.78, 5) is 0. The summed E-state index contributed by atoms with van der Waals surface area (Å²) < 4.78 is 345. The van der Waals surface area contributed by atoms with Crippen molar-refractivity contribution in [3.63, 3.8) is 0 Å². The van der Waals surface area contributed by atoms with Gasteiger partial charge in [-0.3, -0.25) is 0 Å². The maximum atomic E-state index is 8.63. The van der Waals surface area contributed by atoms with Crippen LogP contribution in [0.25, 0.3) is 0 Å². The third kappa shape index (κ3) is 4250. The maximum absolute atomic E-state index is 8.63. The van der Waals surface area contributed by atoms with Gasteiger partial charge in [0.15, 0.2) is 0 Å². The van der Waals surface area contributed by atoms with Crippen molar-refractivity contribution in [1.82, 2.24) is 0 Å². The Labute approximate surface area is 447 Å². The first-order valence-electron chi connectivity index (χ1n) is 6.67. The van der Waals surface area contributed by atoms with Crippen molar-refractivity contribution >= 4 is 0 Å². The molecule has 0 unspecified atom stereocenters. The first kappa shape index (κ1) is 104. The predicted octanol–water partition coefficient (Wildman–Crippen LogP) is -41.2. The van der Waals surface area contributed by atoms with E-state index >= 15 is 0 Å². The SMILES string of the molecule is [Na+].[Na+].[Na+].[Na+].[Na+].[O]=[Mo](=[O])([O-])[O-].[O]=[Mo](=[O])([O-])[O-].[O]=[Mo](=[O])([O-])[O-].[O]=[Mo](=[O])([O-])[O-].[O]=[Mo](=[O])([O-])[O-].[O]=[Mo](=[O])([O-])[O-].[O]=[Mo](=[O])([O-])[O-].[O]=[Mo](=[O])([O-])[O-].[O]=[Mo](=[O])([O-])[O-].[O]=[Mo](=[O])([O-])[O-]. The topological polar surface area (TPSA) is 803 Å². The van der Waals surface area contributed by atoms with E-state index in [-0.39, 0.29) is 148 Å². The molecule has 0 spiro atoms. The summed E-state index contributed by atoms with van der Waals surface area (Å²) in [6, 6.07) is 0. The molecule has 0 N–H and O–H groups in total. The van der Waals surface area contributed by atoms with E-state index in [1.54, 1.807) is 0 Å². The van der Waals surface area contributed by atoms with Crippen LogP contribution in [0.15, 0.2) is 0 Å². The summed E-state index contributed by atoms with van der Waals surface area (Å²) in [5.74, 6) is 0. The zero-order valence-electron chi connectivity index (χ0n) is 25.4. The average molecular weight is 1710 g/mol. The van der Waals surface area contributed by atoms with Crippen LogP contribution in [0, 0.1) is 0 Å². The molecule has 0 bridgehead atoms. The molecule has 0 atom stereocenters. The number of hydrogen-bond acceptors (Lipinski definition) is 40. The van der Waals surface area contributed by atoms with Crippen LogP contribution in [0.4, 0.5) is 0 Å². The minimum atomic E-state index is -6.02. The number of hydrogen-bond donors (Lipinski definition) is 0. The van der Waals surface area contributed by atoms with Gasteiger partial charge in [0.05, 0.1) is 0 Å². The molecule has 0 saturated heterocycles. The summed E-state index contributed by atoms with van der Waals surface area (Å²) in [6.07, 6.45) is 0. The van der Waals surface area contributed by atoms with E-state index in [4.69, 9.17) is 143 Å². The van der Waals surface area contributed by atoms with E-state index in [9.17, 15) is 0 Å². The first-order valence-corrected chi connectivity index (χ1v) is 39.4. The molecular weight excluding hydrogens is 1710 g/mol. The van der Waals surface area contributed by atoms with Gasteiger partial charge in [-0.25, -0.2) is 0 Å². The standard InChI is InChI=1S/10Mo.5Na.40O/q;;;;;;;;;;5*+1;;;;;;;;;;;;;;;;;;;;;20*-1. The molecule has 0 amide bonds. The molecule has 0 aliphatic rings. The Bertz CT molecular complexity index is 1390. The molecular formula is Mo10Na5O40-15. The van der Waals surface area contributed by atoms with Crippen molar-refractivity contribution in [3.05, 3.63) is 0 Å². The monoisotopic (exact) mass is 1730 g/mol. The summed E-state index contributed by atoms with van der Waals surface area (Å²) >= 11 is -60.2. The van der Waals surface area contributed by atoms with Gasteiger partial charge in [-0.2, -0.15) is 0 Å². The molecule has 0 fully saturated rings. The molecule has 320 valence electrons. The Morgan fingerprint density at radius 3 is 0.127 bits per heavy atom. The van der Waals surface area contributed by atoms with Crippen molar-refractivity contribution in [3.8, 4) is 0 Å². The summed E-state index contributed by atoms with van der Waals surface area (Å²) in [6.45, 7) is 0. The van der Waals surface area contributed by atoms with E-state index in [1.807, 2.05) is 0 Å². The Balaban J connectivity index is -0.0000000246. The van der Waals surface area contributed by atoms with Gasteiger partial charge < -0.3 is 0 Å². The van der Waals surface area contributed by atoms with E-state index < -0.39 is 167 Å². The van der Waals surface area contributed by atoms with Gasteiger partial charge in [0.25, 0.3) is 0 Å². The van der Waals surface area contributed by atoms with Crippen LogP contribution in [0.3, 0.4) is 0 Å². The van der Waals surface area contributed by atoms with Crippen molar-refractivity contribution in [1.29, 1.82) is 0 Å². The van der Waals surface area contributed by atoms with Gasteiger partial charge >= 0.3 is 458 Å². The fourth-order valence-corrected chi connectivity index (χ4v) is 0. The zero-order valence-corrected chi connectivity index (χ0v) is 55.5. The fourth-order valence-electron chi connectivity index (χ4n) is 0. The molecule has 55 heteroatoms. The molecule has 0 aromatic carbocycles. The molecule has 40 nitrogen and oxygen atoms in total. The van der Waals surface area contributed by atoms with Gasteiger partial charge in [0.1, 0.15) is 0 Å². The second kappa shape index (κ2) is 49.0. The van der Waals surface area contributed by atoms with Crippen LogP contribution in [0.5, 0.6) is 0 Å². The normalized spacial score (nSPS) is 10.5. The Hall–Kier alpha value is 7.08. The molecule has 0 aromatic heterocycles. The fraction of sp³-hybridized carbons (Fsp3) is 0. The van der Waals surface area contributed by atoms with Crippen LogP contribution < -0.4 is 223 Å². The van der Waals surface area contributed by atoms with Gasteiger partial charge in [-0.05, 0) is 0 Å².